The fourth-order valence-corrected chi connectivity index (χ4v) is 2.98. The van der Waals surface area contributed by atoms with Gasteiger partial charge in [-0.15, -0.1) is 0 Å². The zero-order chi connectivity index (χ0) is 24.3. The maximum Gasteiger partial charge on any atom is 0.330 e. The monoisotopic (exact) mass is 455 g/mol. The first-order valence-electron chi connectivity index (χ1n) is 10.5. The van der Waals surface area contributed by atoms with E-state index < -0.39 is 41.7 Å². The van der Waals surface area contributed by atoms with Crippen molar-refractivity contribution in [1.82, 2.24) is 14.5 Å². The van der Waals surface area contributed by atoms with E-state index in [0.717, 1.165) is 0 Å². The summed E-state index contributed by atoms with van der Waals surface area (Å²) in [4.78, 5) is 46.9. The third-order valence-electron chi connectivity index (χ3n) is 4.96. The summed E-state index contributed by atoms with van der Waals surface area (Å²) < 4.78 is 11.9. The highest BCUT2D eigenvalue weighted by Gasteiger charge is 2.39. The summed E-state index contributed by atoms with van der Waals surface area (Å²) in [5.41, 5.74) is 13.0. The largest absolute Gasteiger partial charge is 0.462 e. The number of nitrogens with zero attached hydrogens (tertiary/aromatic N) is 5. The molecule has 1 aromatic rings. The van der Waals surface area contributed by atoms with E-state index in [-0.39, 0.29) is 13.0 Å². The molecule has 0 spiro atoms. The number of hydrogen-bond donors (Lipinski definition) is 2. The van der Waals surface area contributed by atoms with E-state index in [4.69, 9.17) is 25.6 Å². The zero-order valence-corrected chi connectivity index (χ0v) is 19.2. The lowest BCUT2D eigenvalue weighted by molar-refractivity contribution is -0.152. The van der Waals surface area contributed by atoms with Gasteiger partial charge >= 0.3 is 11.7 Å². The van der Waals surface area contributed by atoms with Crippen LogP contribution in [0.4, 0.5) is 0 Å². The molecule has 3 N–H and O–H groups in total. The number of nitrogens with two attached hydrogens (primary N) is 1. The van der Waals surface area contributed by atoms with Crippen molar-refractivity contribution in [2.24, 2.45) is 11.0 Å². The van der Waals surface area contributed by atoms with Gasteiger partial charge in [-0.1, -0.05) is 20.8 Å². The van der Waals surface area contributed by atoms with Crippen molar-refractivity contribution in [3.63, 3.8) is 0 Å². The normalized spacial score (nSPS) is 20.7. The smallest absolute Gasteiger partial charge is 0.330 e. The van der Waals surface area contributed by atoms with E-state index in [9.17, 15) is 14.4 Å². The first-order valence-corrected chi connectivity index (χ1v) is 10.5. The molecule has 1 fully saturated rings. The Balaban J connectivity index is 0.000000633. The van der Waals surface area contributed by atoms with Crippen molar-refractivity contribution in [2.75, 3.05) is 26.2 Å². The summed E-state index contributed by atoms with van der Waals surface area (Å²) in [5.74, 6) is -0.633. The predicted molar refractivity (Wildman–Crippen MR) is 117 cm³/mol. The molecule has 0 bridgehead atoms. The Morgan fingerprint density at radius 1 is 1.41 bits per heavy atom. The van der Waals surface area contributed by atoms with Crippen LogP contribution in [-0.4, -0.2) is 64.9 Å². The molecule has 1 unspecified atom stereocenters. The van der Waals surface area contributed by atoms with Gasteiger partial charge in [-0.3, -0.25) is 19.1 Å². The van der Waals surface area contributed by atoms with Gasteiger partial charge in [-0.25, -0.2) is 4.79 Å². The number of H-pyrrole nitrogens is 1. The van der Waals surface area contributed by atoms with E-state index in [0.29, 0.717) is 5.56 Å². The number of hydrogen-bond acceptors (Lipinski definition) is 9. The van der Waals surface area contributed by atoms with Crippen LogP contribution in [-0.2, 0) is 19.1 Å². The maximum atomic E-state index is 12.0. The van der Waals surface area contributed by atoms with Gasteiger partial charge in [-0.05, 0) is 39.0 Å². The third-order valence-corrected chi connectivity index (χ3v) is 4.96. The first kappa shape index (κ1) is 27.2. The topological polar surface area (TPSA) is 178 Å². The number of aromatic nitrogens is 2. The lowest BCUT2D eigenvalue weighted by Gasteiger charge is -2.17. The average Bonchev–Trinajstić information content (AvgIpc) is 3.17. The number of carbonyl (C=O) groups is 1. The molecule has 0 aliphatic carbocycles. The van der Waals surface area contributed by atoms with Gasteiger partial charge < -0.3 is 24.9 Å². The molecule has 2 heterocycles. The Morgan fingerprint density at radius 3 is 2.53 bits per heavy atom. The highest BCUT2D eigenvalue weighted by atomic mass is 16.7. The first-order chi connectivity index (χ1) is 15.2. The molecule has 0 amide bonds. The van der Waals surface area contributed by atoms with Crippen molar-refractivity contribution >= 4 is 5.97 Å². The number of nitrogens with one attached hydrogen (secondary N) is 1. The van der Waals surface area contributed by atoms with Crippen LogP contribution in [0.3, 0.4) is 0 Å². The standard InChI is InChI=1S/C13H18N6O6.C6H15N/c1-6-4-19(13(22)16-11(6)20)10-3-8(25-18-17-15)9(24-10)5-23-12(21)7(2)14;1-4-7(5-2)6-3/h4,7-10H,3,5,14H2,1-2H3,(H,16,20,22);4-6H2,1-3H3/t7-,8?,9+,10+;/m0./s1. The Bertz CT molecular complexity index is 883. The number of azide groups is 1. The summed E-state index contributed by atoms with van der Waals surface area (Å²) in [6.07, 6.45) is -0.823. The van der Waals surface area contributed by atoms with Crippen molar-refractivity contribution in [3.8, 4) is 0 Å². The molecule has 0 saturated carbocycles. The van der Waals surface area contributed by atoms with Crippen molar-refractivity contribution < 1.29 is 19.1 Å². The quantitative estimate of drug-likeness (QED) is 0.182. The summed E-state index contributed by atoms with van der Waals surface area (Å²) in [6.45, 7) is 12.9. The van der Waals surface area contributed by atoms with Crippen LogP contribution >= 0.6 is 0 Å². The van der Waals surface area contributed by atoms with Gasteiger partial charge in [0.15, 0.2) is 0 Å². The maximum absolute atomic E-state index is 12.0. The molecule has 1 aliphatic rings. The highest BCUT2D eigenvalue weighted by molar-refractivity contribution is 5.74. The minimum absolute atomic E-state index is 0.144. The number of rotatable bonds is 9. The fourth-order valence-electron chi connectivity index (χ4n) is 2.98. The molecular formula is C19H33N7O6. The van der Waals surface area contributed by atoms with Crippen LogP contribution in [0.5, 0.6) is 0 Å². The van der Waals surface area contributed by atoms with Crippen LogP contribution in [0.2, 0.25) is 0 Å². The Labute approximate surface area is 186 Å². The average molecular weight is 456 g/mol. The minimum Gasteiger partial charge on any atom is -0.462 e. The van der Waals surface area contributed by atoms with Crippen LogP contribution in [0, 0.1) is 6.92 Å². The van der Waals surface area contributed by atoms with Crippen molar-refractivity contribution in [2.45, 2.75) is 65.5 Å². The molecule has 1 saturated heterocycles. The van der Waals surface area contributed by atoms with Gasteiger partial charge in [0.2, 0.25) is 0 Å². The number of ether oxygens (including phenoxy) is 2. The number of esters is 1. The summed E-state index contributed by atoms with van der Waals surface area (Å²) in [6, 6.07) is -0.807. The second-order valence-electron chi connectivity index (χ2n) is 7.20. The van der Waals surface area contributed by atoms with E-state index in [1.54, 1.807) is 6.92 Å². The van der Waals surface area contributed by atoms with Gasteiger partial charge in [0.1, 0.15) is 36.4 Å². The van der Waals surface area contributed by atoms with Gasteiger partial charge in [0.05, 0.1) is 0 Å². The Kier molecular flexibility index (Phi) is 11.5. The van der Waals surface area contributed by atoms with Crippen LogP contribution in [0.25, 0.3) is 10.4 Å². The lowest BCUT2D eigenvalue weighted by Crippen LogP contribution is -2.35. The predicted octanol–water partition coefficient (Wildman–Crippen LogP) is 0.982. The minimum atomic E-state index is -0.807. The van der Waals surface area contributed by atoms with Gasteiger partial charge in [-0.2, -0.15) is 0 Å². The summed E-state index contributed by atoms with van der Waals surface area (Å²) in [5, 5.41) is 3.04. The zero-order valence-electron chi connectivity index (χ0n) is 19.2. The Hall–Kier alpha value is -2.86. The molecule has 13 heteroatoms. The molecular weight excluding hydrogens is 422 g/mol. The summed E-state index contributed by atoms with van der Waals surface area (Å²) >= 11 is 0. The molecule has 1 aromatic heterocycles. The number of aryl methyl sites for hydroxylation is 1. The van der Waals surface area contributed by atoms with Gasteiger partial charge in [0.25, 0.3) is 5.56 Å². The highest BCUT2D eigenvalue weighted by Crippen LogP contribution is 2.30. The SMILES string of the molecule is CCN(CC)CC.Cc1cn([C@H]2CC(ON=[N+]=[N-])[C@@H](COC(=O)[C@H](C)N)O2)c(=O)[nH]c1=O. The Morgan fingerprint density at radius 2 is 2.03 bits per heavy atom. The molecule has 180 valence electrons. The van der Waals surface area contributed by atoms with E-state index >= 15 is 0 Å². The summed E-state index contributed by atoms with van der Waals surface area (Å²) in [7, 11) is 0. The van der Waals surface area contributed by atoms with Gasteiger partial charge in [0, 0.05) is 23.1 Å². The van der Waals surface area contributed by atoms with E-state index in [1.807, 2.05) is 0 Å². The number of aromatic amines is 1. The number of carbonyl (C=O) groups excluding carboxylic acids is 1. The molecule has 2 rings (SSSR count). The third kappa shape index (κ3) is 8.00. The fraction of sp³-hybridized carbons (Fsp3) is 0.737. The van der Waals surface area contributed by atoms with Crippen LogP contribution < -0.4 is 17.0 Å². The molecule has 32 heavy (non-hydrogen) atoms. The molecule has 0 radical (unpaired) electrons. The lowest BCUT2D eigenvalue weighted by atomic mass is 10.2. The van der Waals surface area contributed by atoms with Crippen molar-refractivity contribution in [3.05, 3.63) is 43.0 Å². The molecule has 0 aromatic carbocycles. The second kappa shape index (κ2) is 13.5. The molecule has 13 nitrogen and oxygen atoms in total. The van der Waals surface area contributed by atoms with Crippen molar-refractivity contribution in [1.29, 1.82) is 0 Å². The van der Waals surface area contributed by atoms with Crippen LogP contribution in [0.1, 0.15) is 45.9 Å². The van der Waals surface area contributed by atoms with Crippen LogP contribution in [0.15, 0.2) is 21.1 Å². The van der Waals surface area contributed by atoms with E-state index in [1.165, 1.54) is 37.3 Å². The molecule has 4 atom stereocenters. The molecule has 1 aliphatic heterocycles. The van der Waals surface area contributed by atoms with E-state index in [2.05, 4.69) is 40.8 Å². The second-order valence-corrected chi connectivity index (χ2v) is 7.20.